The van der Waals surface area contributed by atoms with Crippen LogP contribution in [0.2, 0.25) is 0 Å². The molecule has 0 bridgehead atoms. The molecule has 0 radical (unpaired) electrons. The molecule has 0 aliphatic rings. The van der Waals surface area contributed by atoms with E-state index in [1.165, 1.54) is 0 Å². The van der Waals surface area contributed by atoms with Gasteiger partial charge in [0.2, 0.25) is 0 Å². The Bertz CT molecular complexity index is 91.9. The van der Waals surface area contributed by atoms with E-state index in [1.54, 1.807) is 0 Å². The fourth-order valence-electron chi connectivity index (χ4n) is 0.530. The first-order chi connectivity index (χ1) is 3.81. The van der Waals surface area contributed by atoms with Crippen LogP contribution in [0.4, 0.5) is 0 Å². The second-order valence-electron chi connectivity index (χ2n) is 4.16. The molecular weight excluding hydrogens is 190 g/mol. The SMILES string of the molecule is CCC(C)([NH3+])C(C)(C)C.[Br-]. The van der Waals surface area contributed by atoms with Gasteiger partial charge in [-0.05, 0) is 13.3 Å². The zero-order valence-corrected chi connectivity index (χ0v) is 9.38. The molecule has 10 heavy (non-hydrogen) atoms. The zero-order chi connectivity index (χ0) is 7.71. The van der Waals surface area contributed by atoms with Gasteiger partial charge in [-0.25, -0.2) is 0 Å². The number of halogens is 1. The van der Waals surface area contributed by atoms with Crippen LogP contribution < -0.4 is 22.7 Å². The molecule has 64 valence electrons. The van der Waals surface area contributed by atoms with Crippen molar-refractivity contribution in [3.63, 3.8) is 0 Å². The third-order valence-electron chi connectivity index (χ3n) is 2.59. The van der Waals surface area contributed by atoms with Crippen LogP contribution >= 0.6 is 0 Å². The fraction of sp³-hybridized carbons (Fsp3) is 1.00. The molecule has 0 aromatic carbocycles. The predicted octanol–water partition coefficient (Wildman–Crippen LogP) is -1.55. The molecule has 1 nitrogen and oxygen atoms in total. The van der Waals surface area contributed by atoms with Crippen molar-refractivity contribution in [3.8, 4) is 0 Å². The van der Waals surface area contributed by atoms with Gasteiger partial charge in [0.1, 0.15) is 0 Å². The molecule has 0 saturated heterocycles. The third-order valence-corrected chi connectivity index (χ3v) is 2.59. The summed E-state index contributed by atoms with van der Waals surface area (Å²) in [5.41, 5.74) is 4.72. The van der Waals surface area contributed by atoms with E-state index in [0.29, 0.717) is 5.41 Å². The summed E-state index contributed by atoms with van der Waals surface area (Å²) < 4.78 is 0. The quantitative estimate of drug-likeness (QED) is 0.542. The normalized spacial score (nSPS) is 17.4. The molecule has 0 saturated carbocycles. The van der Waals surface area contributed by atoms with Crippen molar-refractivity contribution in [1.82, 2.24) is 0 Å². The molecular formula is C8H20BrN. The van der Waals surface area contributed by atoms with Gasteiger partial charge in [-0.3, -0.25) is 0 Å². The maximum atomic E-state index is 4.16. The lowest BCUT2D eigenvalue weighted by molar-refractivity contribution is -0.498. The Morgan fingerprint density at radius 3 is 1.40 bits per heavy atom. The first kappa shape index (κ1) is 13.1. The number of hydrogen-bond acceptors (Lipinski definition) is 0. The Hall–Kier alpha value is 0.440. The summed E-state index contributed by atoms with van der Waals surface area (Å²) >= 11 is 0. The van der Waals surface area contributed by atoms with Gasteiger partial charge >= 0.3 is 0 Å². The van der Waals surface area contributed by atoms with Gasteiger partial charge in [0.05, 0.1) is 5.54 Å². The first-order valence-corrected chi connectivity index (χ1v) is 3.66. The van der Waals surface area contributed by atoms with Crippen molar-refractivity contribution in [1.29, 1.82) is 0 Å². The van der Waals surface area contributed by atoms with Crippen LogP contribution in [0, 0.1) is 5.41 Å². The van der Waals surface area contributed by atoms with Crippen molar-refractivity contribution in [2.75, 3.05) is 0 Å². The predicted molar refractivity (Wildman–Crippen MR) is 41.0 cm³/mol. The fourth-order valence-corrected chi connectivity index (χ4v) is 0.530. The highest BCUT2D eigenvalue weighted by atomic mass is 79.9. The van der Waals surface area contributed by atoms with Gasteiger partial charge in [0.25, 0.3) is 0 Å². The van der Waals surface area contributed by atoms with Gasteiger partial charge in [-0.1, -0.05) is 27.7 Å². The highest BCUT2D eigenvalue weighted by Crippen LogP contribution is 2.27. The third kappa shape index (κ3) is 3.02. The molecule has 1 atom stereocenters. The van der Waals surface area contributed by atoms with E-state index >= 15 is 0 Å². The molecule has 1 unspecified atom stereocenters. The summed E-state index contributed by atoms with van der Waals surface area (Å²) in [4.78, 5) is 0. The Labute approximate surface area is 75.1 Å². The van der Waals surface area contributed by atoms with Gasteiger partial charge in [-0.15, -0.1) is 0 Å². The van der Waals surface area contributed by atoms with Crippen molar-refractivity contribution in [2.24, 2.45) is 5.41 Å². The second-order valence-corrected chi connectivity index (χ2v) is 4.16. The first-order valence-electron chi connectivity index (χ1n) is 3.66. The van der Waals surface area contributed by atoms with E-state index in [0.717, 1.165) is 6.42 Å². The smallest absolute Gasteiger partial charge is 0.0963 e. The molecule has 0 fully saturated rings. The Balaban J connectivity index is 0. The van der Waals surface area contributed by atoms with Crippen molar-refractivity contribution in [3.05, 3.63) is 0 Å². The largest absolute Gasteiger partial charge is 1.00 e. The highest BCUT2D eigenvalue weighted by Gasteiger charge is 2.35. The summed E-state index contributed by atoms with van der Waals surface area (Å²) in [5, 5.41) is 0. The summed E-state index contributed by atoms with van der Waals surface area (Å²) in [5.74, 6) is 0. The Morgan fingerprint density at radius 2 is 1.40 bits per heavy atom. The molecule has 3 N–H and O–H groups in total. The van der Waals surface area contributed by atoms with E-state index in [4.69, 9.17) is 0 Å². The van der Waals surface area contributed by atoms with Crippen LogP contribution in [-0.2, 0) is 0 Å². The Morgan fingerprint density at radius 1 is 1.10 bits per heavy atom. The average molecular weight is 210 g/mol. The molecule has 2 heteroatoms. The van der Waals surface area contributed by atoms with Crippen LogP contribution in [0.1, 0.15) is 41.0 Å². The van der Waals surface area contributed by atoms with Gasteiger partial charge in [-0.2, -0.15) is 0 Å². The molecule has 0 heterocycles. The second kappa shape index (κ2) is 3.72. The van der Waals surface area contributed by atoms with Crippen LogP contribution in [0.25, 0.3) is 0 Å². The summed E-state index contributed by atoms with van der Waals surface area (Å²) in [7, 11) is 0. The van der Waals surface area contributed by atoms with E-state index in [-0.39, 0.29) is 22.5 Å². The van der Waals surface area contributed by atoms with Crippen molar-refractivity contribution < 1.29 is 22.7 Å². The van der Waals surface area contributed by atoms with Gasteiger partial charge in [0.15, 0.2) is 0 Å². The standard InChI is InChI=1S/C8H19N.BrH/c1-6-8(5,9)7(2,3)4;/h6,9H2,1-5H3;1H. The average Bonchev–Trinajstić information content (AvgIpc) is 1.64. The lowest BCUT2D eigenvalue weighted by atomic mass is 9.74. The monoisotopic (exact) mass is 209 g/mol. The molecule has 0 spiro atoms. The number of hydrogen-bond donors (Lipinski definition) is 1. The number of rotatable bonds is 1. The summed E-state index contributed by atoms with van der Waals surface area (Å²) in [6, 6.07) is 0. The van der Waals surface area contributed by atoms with Crippen LogP contribution in [0.5, 0.6) is 0 Å². The van der Waals surface area contributed by atoms with Crippen LogP contribution in [-0.4, -0.2) is 5.54 Å². The summed E-state index contributed by atoms with van der Waals surface area (Å²) in [6.07, 6.45) is 1.15. The lowest BCUT2D eigenvalue weighted by Crippen LogP contribution is -3.00. The van der Waals surface area contributed by atoms with Crippen molar-refractivity contribution in [2.45, 2.75) is 46.6 Å². The lowest BCUT2D eigenvalue weighted by Gasteiger charge is -2.33. The molecule has 0 aromatic heterocycles. The van der Waals surface area contributed by atoms with E-state index in [1.807, 2.05) is 0 Å². The Kier molecular flexibility index (Phi) is 4.86. The molecule has 0 rings (SSSR count). The summed E-state index contributed by atoms with van der Waals surface area (Å²) in [6.45, 7) is 11.1. The number of quaternary nitrogens is 1. The van der Waals surface area contributed by atoms with E-state index in [2.05, 4.69) is 40.4 Å². The van der Waals surface area contributed by atoms with Crippen LogP contribution in [0.3, 0.4) is 0 Å². The molecule has 0 aliphatic carbocycles. The minimum atomic E-state index is 0. The topological polar surface area (TPSA) is 27.6 Å². The van der Waals surface area contributed by atoms with Gasteiger partial charge in [0, 0.05) is 5.41 Å². The van der Waals surface area contributed by atoms with Gasteiger partial charge < -0.3 is 22.7 Å². The maximum absolute atomic E-state index is 4.16. The van der Waals surface area contributed by atoms with E-state index in [9.17, 15) is 0 Å². The zero-order valence-electron chi connectivity index (χ0n) is 7.79. The van der Waals surface area contributed by atoms with E-state index < -0.39 is 0 Å². The van der Waals surface area contributed by atoms with Crippen molar-refractivity contribution >= 4 is 0 Å². The molecule has 0 aliphatic heterocycles. The molecule has 0 aromatic rings. The minimum Gasteiger partial charge on any atom is -1.00 e. The highest BCUT2D eigenvalue weighted by molar-refractivity contribution is 4.82. The van der Waals surface area contributed by atoms with Crippen LogP contribution in [0.15, 0.2) is 0 Å². The minimum absolute atomic E-state index is 0. The molecule has 0 amide bonds. The maximum Gasteiger partial charge on any atom is 0.0963 e.